The molecule has 0 aliphatic heterocycles. The van der Waals surface area contributed by atoms with E-state index in [0.717, 1.165) is 42.9 Å². The number of rotatable bonds is 6. The summed E-state index contributed by atoms with van der Waals surface area (Å²) in [6.07, 6.45) is 1.49. The molecule has 1 amide bonds. The lowest BCUT2D eigenvalue weighted by molar-refractivity contribution is 0.102. The number of thiazole rings is 1. The van der Waals surface area contributed by atoms with Gasteiger partial charge in [0, 0.05) is 22.6 Å². The molecule has 5 aromatic rings. The number of para-hydroxylation sites is 1. The Morgan fingerprint density at radius 2 is 1.81 bits per heavy atom. The van der Waals surface area contributed by atoms with Gasteiger partial charge in [-0.2, -0.15) is 5.10 Å². The number of H-pyrrole nitrogens is 1. The first kappa shape index (κ1) is 19.5. The Morgan fingerprint density at radius 3 is 2.55 bits per heavy atom. The monoisotopic (exact) mass is 443 g/mol. The highest BCUT2D eigenvalue weighted by molar-refractivity contribution is 7.98. The van der Waals surface area contributed by atoms with E-state index in [2.05, 4.69) is 31.5 Å². The molecule has 0 unspecified atom stereocenters. The van der Waals surface area contributed by atoms with Crippen LogP contribution < -0.4 is 5.32 Å². The van der Waals surface area contributed by atoms with Gasteiger partial charge in [-0.1, -0.05) is 36.0 Å². The van der Waals surface area contributed by atoms with Crippen LogP contribution in [0, 0.1) is 0 Å². The predicted octanol–water partition coefficient (Wildman–Crippen LogP) is 5.63. The number of carbonyl (C=O) groups is 1. The van der Waals surface area contributed by atoms with Crippen molar-refractivity contribution in [1.82, 2.24) is 20.2 Å². The second-order valence-electron chi connectivity index (χ2n) is 6.79. The summed E-state index contributed by atoms with van der Waals surface area (Å²) in [6.45, 7) is 0. The number of hydrogen-bond donors (Lipinski definition) is 2. The van der Waals surface area contributed by atoms with Crippen molar-refractivity contribution in [2.24, 2.45) is 0 Å². The Bertz CT molecular complexity index is 1280. The van der Waals surface area contributed by atoms with Gasteiger partial charge in [-0.15, -0.1) is 11.3 Å². The van der Waals surface area contributed by atoms with Crippen molar-refractivity contribution in [2.75, 3.05) is 5.32 Å². The molecule has 2 N–H and O–H groups in total. The molecule has 0 radical (unpaired) electrons. The second kappa shape index (κ2) is 8.71. The predicted molar refractivity (Wildman–Crippen MR) is 125 cm³/mol. The van der Waals surface area contributed by atoms with Gasteiger partial charge < -0.3 is 5.32 Å². The quantitative estimate of drug-likeness (QED) is 0.333. The summed E-state index contributed by atoms with van der Waals surface area (Å²) in [5, 5.41) is 11.3. The Morgan fingerprint density at radius 1 is 1.00 bits per heavy atom. The third-order valence-electron chi connectivity index (χ3n) is 4.67. The maximum atomic E-state index is 12.6. The first-order valence-electron chi connectivity index (χ1n) is 9.59. The maximum Gasteiger partial charge on any atom is 0.255 e. The Hall–Kier alpha value is -3.49. The normalized spacial score (nSPS) is 11.0. The number of nitrogens with one attached hydrogen (secondary N) is 2. The topological polar surface area (TPSA) is 83.6 Å². The van der Waals surface area contributed by atoms with Crippen molar-refractivity contribution < 1.29 is 4.79 Å². The van der Waals surface area contributed by atoms with Crippen LogP contribution in [-0.2, 0) is 5.75 Å². The van der Waals surface area contributed by atoms with Crippen LogP contribution >= 0.6 is 23.1 Å². The lowest BCUT2D eigenvalue weighted by atomic mass is 10.1. The average molecular weight is 444 g/mol. The van der Waals surface area contributed by atoms with Crippen molar-refractivity contribution in [1.29, 1.82) is 0 Å². The summed E-state index contributed by atoms with van der Waals surface area (Å²) in [4.78, 5) is 21.4. The molecule has 6 nitrogen and oxygen atoms in total. The molecule has 3 aromatic carbocycles. The molecule has 5 rings (SSSR count). The van der Waals surface area contributed by atoms with Crippen molar-refractivity contribution in [3.63, 3.8) is 0 Å². The number of thioether (sulfide) groups is 1. The highest BCUT2D eigenvalue weighted by atomic mass is 32.2. The molecule has 152 valence electrons. The van der Waals surface area contributed by atoms with Gasteiger partial charge in [0.2, 0.25) is 0 Å². The van der Waals surface area contributed by atoms with E-state index < -0.39 is 0 Å². The molecule has 2 heterocycles. The standard InChI is InChI=1S/C23H17N5OS2/c29-21(16-7-5-15(6-8-16)13-30-23-24-14-25-28-23)26-18-11-9-17(10-12-18)22-27-19-3-1-2-4-20(19)31-22/h1-12,14H,13H2,(H,26,29)(H,24,25,28). The van der Waals surface area contributed by atoms with E-state index in [1.165, 1.54) is 6.33 Å². The number of amides is 1. The summed E-state index contributed by atoms with van der Waals surface area (Å²) in [7, 11) is 0. The summed E-state index contributed by atoms with van der Waals surface area (Å²) >= 11 is 3.23. The average Bonchev–Trinajstić information content (AvgIpc) is 3.48. The fraction of sp³-hybridized carbons (Fsp3) is 0.0435. The Kier molecular flexibility index (Phi) is 5.47. The van der Waals surface area contributed by atoms with Crippen LogP contribution in [-0.4, -0.2) is 26.1 Å². The zero-order chi connectivity index (χ0) is 21.0. The van der Waals surface area contributed by atoms with Crippen LogP contribution in [0.2, 0.25) is 0 Å². The van der Waals surface area contributed by atoms with E-state index in [1.54, 1.807) is 23.1 Å². The molecule has 0 bridgehead atoms. The number of benzene rings is 3. The molecule has 0 saturated heterocycles. The minimum absolute atomic E-state index is 0.137. The largest absolute Gasteiger partial charge is 0.322 e. The van der Waals surface area contributed by atoms with Gasteiger partial charge in [-0.05, 0) is 54.1 Å². The Labute approximate surface area is 186 Å². The number of hydrogen-bond acceptors (Lipinski definition) is 6. The molecule has 0 fully saturated rings. The van der Waals surface area contributed by atoms with Crippen molar-refractivity contribution in [2.45, 2.75) is 10.9 Å². The van der Waals surface area contributed by atoms with Crippen LogP contribution in [0.1, 0.15) is 15.9 Å². The molecule has 0 atom stereocenters. The number of aromatic amines is 1. The molecular weight excluding hydrogens is 426 g/mol. The molecule has 0 saturated carbocycles. The van der Waals surface area contributed by atoms with E-state index in [1.807, 2.05) is 66.7 Å². The van der Waals surface area contributed by atoms with Gasteiger partial charge in [-0.25, -0.2) is 9.97 Å². The van der Waals surface area contributed by atoms with Gasteiger partial charge in [0.1, 0.15) is 11.3 Å². The first-order valence-corrected chi connectivity index (χ1v) is 11.4. The second-order valence-corrected chi connectivity index (χ2v) is 8.79. The number of carbonyl (C=O) groups excluding carboxylic acids is 1. The van der Waals surface area contributed by atoms with E-state index in [9.17, 15) is 4.79 Å². The molecule has 31 heavy (non-hydrogen) atoms. The fourth-order valence-corrected chi connectivity index (χ4v) is 4.77. The molecule has 2 aromatic heterocycles. The minimum atomic E-state index is -0.137. The lowest BCUT2D eigenvalue weighted by Crippen LogP contribution is -2.11. The van der Waals surface area contributed by atoms with Crippen LogP contribution in [0.15, 0.2) is 84.3 Å². The summed E-state index contributed by atoms with van der Waals surface area (Å²) in [5.74, 6) is 0.617. The Balaban J connectivity index is 1.22. The minimum Gasteiger partial charge on any atom is -0.322 e. The van der Waals surface area contributed by atoms with E-state index in [4.69, 9.17) is 0 Å². The first-order chi connectivity index (χ1) is 15.2. The van der Waals surface area contributed by atoms with Crippen LogP contribution in [0.5, 0.6) is 0 Å². The number of anilines is 1. The van der Waals surface area contributed by atoms with Gasteiger partial charge >= 0.3 is 0 Å². The maximum absolute atomic E-state index is 12.6. The lowest BCUT2D eigenvalue weighted by Gasteiger charge is -2.07. The number of aromatic nitrogens is 4. The summed E-state index contributed by atoms with van der Waals surface area (Å²) in [5.41, 5.74) is 4.51. The summed E-state index contributed by atoms with van der Waals surface area (Å²) < 4.78 is 1.16. The molecule has 0 aliphatic rings. The van der Waals surface area contributed by atoms with Crippen LogP contribution in [0.4, 0.5) is 5.69 Å². The summed E-state index contributed by atoms with van der Waals surface area (Å²) in [6, 6.07) is 23.4. The highest BCUT2D eigenvalue weighted by Gasteiger charge is 2.09. The van der Waals surface area contributed by atoms with Crippen molar-refractivity contribution >= 4 is 44.9 Å². The van der Waals surface area contributed by atoms with Gasteiger partial charge in [0.25, 0.3) is 5.91 Å². The van der Waals surface area contributed by atoms with Gasteiger partial charge in [0.05, 0.1) is 10.2 Å². The number of nitrogens with zero attached hydrogens (tertiary/aromatic N) is 3. The van der Waals surface area contributed by atoms with Crippen LogP contribution in [0.25, 0.3) is 20.8 Å². The van der Waals surface area contributed by atoms with Crippen molar-refractivity contribution in [3.05, 3.63) is 90.3 Å². The van der Waals surface area contributed by atoms with E-state index in [-0.39, 0.29) is 5.91 Å². The van der Waals surface area contributed by atoms with Crippen molar-refractivity contribution in [3.8, 4) is 10.6 Å². The van der Waals surface area contributed by atoms with Gasteiger partial charge in [0.15, 0.2) is 5.16 Å². The third-order valence-corrected chi connectivity index (χ3v) is 6.70. The molecular formula is C23H17N5OS2. The van der Waals surface area contributed by atoms with E-state index in [0.29, 0.717) is 5.56 Å². The number of fused-ring (bicyclic) bond motifs is 1. The fourth-order valence-electron chi connectivity index (χ4n) is 3.06. The van der Waals surface area contributed by atoms with Crippen LogP contribution in [0.3, 0.4) is 0 Å². The third kappa shape index (κ3) is 4.50. The van der Waals surface area contributed by atoms with Gasteiger partial charge in [-0.3, -0.25) is 9.89 Å². The molecule has 0 spiro atoms. The van der Waals surface area contributed by atoms with E-state index >= 15 is 0 Å². The molecule has 0 aliphatic carbocycles. The smallest absolute Gasteiger partial charge is 0.255 e. The zero-order valence-electron chi connectivity index (χ0n) is 16.3. The highest BCUT2D eigenvalue weighted by Crippen LogP contribution is 2.30. The SMILES string of the molecule is O=C(Nc1ccc(-c2nc3ccccc3s2)cc1)c1ccc(CSc2ncn[nH]2)cc1. The zero-order valence-corrected chi connectivity index (χ0v) is 17.9. The molecule has 8 heteroatoms.